The fourth-order valence-corrected chi connectivity index (χ4v) is 2.73. The minimum absolute atomic E-state index is 0.196. The minimum Gasteiger partial charge on any atom is -0.373 e. The molecule has 1 heterocycles. The standard InChI is InChI=1S/C16H15ClN2O2/c17-12-5-7-13(8-6-12)19-16(15(18)20)10-21-9-11-3-1-2-4-14(11)16/h1-8,19H,9-10H2,(H2,18,20). The highest BCUT2D eigenvalue weighted by Gasteiger charge is 2.43. The van der Waals surface area contributed by atoms with E-state index in [0.717, 1.165) is 16.8 Å². The highest BCUT2D eigenvalue weighted by atomic mass is 35.5. The van der Waals surface area contributed by atoms with Gasteiger partial charge in [-0.2, -0.15) is 0 Å². The van der Waals surface area contributed by atoms with E-state index in [2.05, 4.69) is 5.32 Å². The minimum atomic E-state index is -1.07. The molecular weight excluding hydrogens is 288 g/mol. The Kier molecular flexibility index (Phi) is 3.57. The molecule has 0 bridgehead atoms. The average Bonchev–Trinajstić information content (AvgIpc) is 2.50. The van der Waals surface area contributed by atoms with Gasteiger partial charge in [-0.1, -0.05) is 35.9 Å². The van der Waals surface area contributed by atoms with Crippen LogP contribution in [0.3, 0.4) is 0 Å². The number of anilines is 1. The molecule has 5 heteroatoms. The normalized spacial score (nSPS) is 20.6. The van der Waals surface area contributed by atoms with Gasteiger partial charge in [0, 0.05) is 10.7 Å². The van der Waals surface area contributed by atoms with Gasteiger partial charge < -0.3 is 15.8 Å². The predicted octanol–water partition coefficient (Wildman–Crippen LogP) is 2.66. The Morgan fingerprint density at radius 3 is 2.62 bits per heavy atom. The number of hydrogen-bond acceptors (Lipinski definition) is 3. The second-order valence-corrected chi connectivity index (χ2v) is 5.49. The first-order valence-electron chi connectivity index (χ1n) is 6.61. The van der Waals surface area contributed by atoms with Crippen LogP contribution in [0.25, 0.3) is 0 Å². The van der Waals surface area contributed by atoms with Gasteiger partial charge in [-0.25, -0.2) is 0 Å². The summed E-state index contributed by atoms with van der Waals surface area (Å²) in [4.78, 5) is 12.2. The van der Waals surface area contributed by atoms with Gasteiger partial charge >= 0.3 is 0 Å². The van der Waals surface area contributed by atoms with E-state index < -0.39 is 11.4 Å². The van der Waals surface area contributed by atoms with E-state index in [1.807, 2.05) is 36.4 Å². The Morgan fingerprint density at radius 2 is 1.90 bits per heavy atom. The first kappa shape index (κ1) is 13.9. The van der Waals surface area contributed by atoms with Gasteiger partial charge in [-0.05, 0) is 35.4 Å². The van der Waals surface area contributed by atoms with Crippen molar-refractivity contribution in [1.29, 1.82) is 0 Å². The van der Waals surface area contributed by atoms with Crippen molar-refractivity contribution in [3.8, 4) is 0 Å². The zero-order chi connectivity index (χ0) is 14.9. The largest absolute Gasteiger partial charge is 0.373 e. The van der Waals surface area contributed by atoms with Gasteiger partial charge in [-0.3, -0.25) is 4.79 Å². The zero-order valence-electron chi connectivity index (χ0n) is 11.3. The highest BCUT2D eigenvalue weighted by Crippen LogP contribution is 2.33. The van der Waals surface area contributed by atoms with Crippen molar-refractivity contribution >= 4 is 23.2 Å². The number of rotatable bonds is 3. The smallest absolute Gasteiger partial charge is 0.250 e. The van der Waals surface area contributed by atoms with Crippen molar-refractivity contribution in [2.24, 2.45) is 5.73 Å². The molecule has 21 heavy (non-hydrogen) atoms. The van der Waals surface area contributed by atoms with Crippen LogP contribution in [0.5, 0.6) is 0 Å². The van der Waals surface area contributed by atoms with Crippen molar-refractivity contribution in [2.45, 2.75) is 12.1 Å². The van der Waals surface area contributed by atoms with Crippen molar-refractivity contribution in [3.05, 3.63) is 64.7 Å². The number of fused-ring (bicyclic) bond motifs is 1. The Labute approximate surface area is 127 Å². The second kappa shape index (κ2) is 5.39. The summed E-state index contributed by atoms with van der Waals surface area (Å²) >= 11 is 5.89. The van der Waals surface area contributed by atoms with E-state index in [1.165, 1.54) is 0 Å². The maximum atomic E-state index is 12.2. The van der Waals surface area contributed by atoms with E-state index in [0.29, 0.717) is 11.6 Å². The third kappa shape index (κ3) is 2.48. The molecule has 0 saturated heterocycles. The summed E-state index contributed by atoms with van der Waals surface area (Å²) in [6.07, 6.45) is 0. The number of hydrogen-bond donors (Lipinski definition) is 2. The third-order valence-electron chi connectivity index (χ3n) is 3.68. The highest BCUT2D eigenvalue weighted by molar-refractivity contribution is 6.30. The summed E-state index contributed by atoms with van der Waals surface area (Å²) in [6.45, 7) is 0.676. The molecule has 0 aromatic heterocycles. The van der Waals surface area contributed by atoms with Gasteiger partial charge in [-0.15, -0.1) is 0 Å². The van der Waals surface area contributed by atoms with Gasteiger partial charge in [0.05, 0.1) is 13.2 Å². The second-order valence-electron chi connectivity index (χ2n) is 5.05. The van der Waals surface area contributed by atoms with Crippen LogP contribution in [0.4, 0.5) is 5.69 Å². The molecule has 3 rings (SSSR count). The molecule has 1 aliphatic heterocycles. The van der Waals surface area contributed by atoms with Crippen molar-refractivity contribution in [1.82, 2.24) is 0 Å². The van der Waals surface area contributed by atoms with E-state index in [1.54, 1.807) is 12.1 Å². The van der Waals surface area contributed by atoms with E-state index in [9.17, 15) is 4.79 Å². The summed E-state index contributed by atoms with van der Waals surface area (Å²) in [5.74, 6) is -0.468. The molecule has 0 fully saturated rings. The number of carbonyl (C=O) groups excluding carboxylic acids is 1. The molecule has 0 radical (unpaired) electrons. The number of benzene rings is 2. The summed E-state index contributed by atoms with van der Waals surface area (Å²) in [6, 6.07) is 14.8. The van der Waals surface area contributed by atoms with Crippen LogP contribution in [0.1, 0.15) is 11.1 Å². The molecule has 1 aliphatic rings. The van der Waals surface area contributed by atoms with Crippen LogP contribution in [0, 0.1) is 0 Å². The van der Waals surface area contributed by atoms with Crippen LogP contribution < -0.4 is 11.1 Å². The van der Waals surface area contributed by atoms with Crippen LogP contribution in [-0.2, 0) is 21.7 Å². The molecule has 1 unspecified atom stereocenters. The Bertz CT molecular complexity index is 672. The maximum Gasteiger partial charge on any atom is 0.250 e. The molecule has 2 aromatic rings. The van der Waals surface area contributed by atoms with Gasteiger partial charge in [0.1, 0.15) is 0 Å². The van der Waals surface area contributed by atoms with Crippen LogP contribution in [0.2, 0.25) is 5.02 Å². The number of ether oxygens (including phenoxy) is 1. The average molecular weight is 303 g/mol. The lowest BCUT2D eigenvalue weighted by Gasteiger charge is -2.37. The van der Waals surface area contributed by atoms with Crippen LogP contribution in [0.15, 0.2) is 48.5 Å². The molecular formula is C16H15ClN2O2. The van der Waals surface area contributed by atoms with Crippen molar-refractivity contribution in [3.63, 3.8) is 0 Å². The lowest BCUT2D eigenvalue weighted by molar-refractivity contribution is -0.125. The summed E-state index contributed by atoms with van der Waals surface area (Å²) < 4.78 is 5.58. The summed E-state index contributed by atoms with van der Waals surface area (Å²) in [7, 11) is 0. The Morgan fingerprint density at radius 1 is 1.19 bits per heavy atom. The lowest BCUT2D eigenvalue weighted by atomic mass is 9.84. The lowest BCUT2D eigenvalue weighted by Crippen LogP contribution is -2.53. The fourth-order valence-electron chi connectivity index (χ4n) is 2.60. The Balaban J connectivity index is 2.05. The summed E-state index contributed by atoms with van der Waals surface area (Å²) in [5.41, 5.74) is 7.20. The van der Waals surface area contributed by atoms with Crippen molar-refractivity contribution < 1.29 is 9.53 Å². The molecule has 1 atom stereocenters. The zero-order valence-corrected chi connectivity index (χ0v) is 12.1. The first-order chi connectivity index (χ1) is 10.1. The number of primary amides is 1. The number of halogens is 1. The van der Waals surface area contributed by atoms with E-state index in [-0.39, 0.29) is 6.61 Å². The van der Waals surface area contributed by atoms with Crippen LogP contribution >= 0.6 is 11.6 Å². The first-order valence-corrected chi connectivity index (χ1v) is 6.99. The van der Waals surface area contributed by atoms with Gasteiger partial charge in [0.15, 0.2) is 5.54 Å². The molecule has 1 amide bonds. The van der Waals surface area contributed by atoms with Crippen LogP contribution in [-0.4, -0.2) is 12.5 Å². The Hall–Kier alpha value is -2.04. The van der Waals surface area contributed by atoms with E-state index in [4.69, 9.17) is 22.1 Å². The van der Waals surface area contributed by atoms with Gasteiger partial charge in [0.25, 0.3) is 0 Å². The number of nitrogens with one attached hydrogen (secondary N) is 1. The summed E-state index contributed by atoms with van der Waals surface area (Å²) in [5, 5.41) is 3.85. The molecule has 3 N–H and O–H groups in total. The molecule has 0 saturated carbocycles. The quantitative estimate of drug-likeness (QED) is 0.916. The molecule has 4 nitrogen and oxygen atoms in total. The SMILES string of the molecule is NC(=O)C1(Nc2ccc(Cl)cc2)COCc2ccccc21. The predicted molar refractivity (Wildman–Crippen MR) is 82.0 cm³/mol. The third-order valence-corrected chi connectivity index (χ3v) is 3.93. The maximum absolute atomic E-state index is 12.2. The van der Waals surface area contributed by atoms with Gasteiger partial charge in [0.2, 0.25) is 5.91 Å². The van der Waals surface area contributed by atoms with Crippen molar-refractivity contribution in [2.75, 3.05) is 11.9 Å². The molecule has 0 aliphatic carbocycles. The number of nitrogens with two attached hydrogens (primary N) is 1. The monoisotopic (exact) mass is 302 g/mol. The number of amides is 1. The molecule has 108 valence electrons. The fraction of sp³-hybridized carbons (Fsp3) is 0.188. The molecule has 2 aromatic carbocycles. The molecule has 0 spiro atoms. The van der Waals surface area contributed by atoms with E-state index >= 15 is 0 Å². The topological polar surface area (TPSA) is 64.4 Å². The number of carbonyl (C=O) groups is 1.